The van der Waals surface area contributed by atoms with E-state index in [1.807, 2.05) is 0 Å². The summed E-state index contributed by atoms with van der Waals surface area (Å²) < 4.78 is 5.10. The van der Waals surface area contributed by atoms with E-state index < -0.39 is 0 Å². The molecule has 0 rings (SSSR count). The molecule has 1 nitrogen and oxygen atoms in total. The third-order valence-electron chi connectivity index (χ3n) is 6.85. The first-order chi connectivity index (χ1) is 15.4. The van der Waals surface area contributed by atoms with Crippen molar-refractivity contribution in [1.82, 2.24) is 0 Å². The Kier molecular flexibility index (Phi) is 29.9. The van der Waals surface area contributed by atoms with E-state index >= 15 is 0 Å². The van der Waals surface area contributed by atoms with Crippen molar-refractivity contribution in [3.8, 4) is 0 Å². The summed E-state index contributed by atoms with van der Waals surface area (Å²) in [6, 6.07) is 0. The predicted molar refractivity (Wildman–Crippen MR) is 142 cm³/mol. The van der Waals surface area contributed by atoms with Crippen molar-refractivity contribution >= 4 is 0 Å². The van der Waals surface area contributed by atoms with Gasteiger partial charge >= 0.3 is 0 Å². The van der Waals surface area contributed by atoms with Gasteiger partial charge in [-0.25, -0.2) is 0 Å². The Labute approximate surface area is 198 Å². The Morgan fingerprint density at radius 2 is 0.516 bits per heavy atom. The molecule has 0 spiro atoms. The molecule has 0 bridgehead atoms. The highest BCUT2D eigenvalue weighted by Gasteiger charge is 1.96. The fourth-order valence-electron chi connectivity index (χ4n) is 4.67. The zero-order valence-electron chi connectivity index (χ0n) is 21.9. The van der Waals surface area contributed by atoms with E-state index in [0.717, 1.165) is 13.0 Å². The van der Waals surface area contributed by atoms with Gasteiger partial charge in [-0.3, -0.25) is 0 Å². The normalized spacial score (nSPS) is 11.4. The first-order valence-corrected chi connectivity index (χ1v) is 14.7. The monoisotopic (exact) mass is 437 g/mol. The number of unbranched alkanes of at least 4 members (excludes halogenated alkanes) is 26. The lowest BCUT2D eigenvalue weighted by Gasteiger charge is -2.04. The van der Waals surface area contributed by atoms with Gasteiger partial charge in [-0.05, 0) is 6.42 Å². The maximum Gasteiger partial charge on any atom is 0.0462 e. The highest BCUT2D eigenvalue weighted by Crippen LogP contribution is 2.16. The van der Waals surface area contributed by atoms with E-state index in [1.165, 1.54) is 167 Å². The maximum absolute atomic E-state index is 5.10. The van der Waals surface area contributed by atoms with Crippen LogP contribution < -0.4 is 0 Å². The third kappa shape index (κ3) is 30.0. The summed E-state index contributed by atoms with van der Waals surface area (Å²) in [5.74, 6) is 0. The molecular weight excluding hydrogens is 376 g/mol. The van der Waals surface area contributed by atoms with Crippen LogP contribution in [0.3, 0.4) is 0 Å². The fourth-order valence-corrected chi connectivity index (χ4v) is 4.67. The van der Waals surface area contributed by atoms with Crippen LogP contribution in [0.5, 0.6) is 0 Å². The van der Waals surface area contributed by atoms with E-state index in [9.17, 15) is 0 Å². The minimum absolute atomic E-state index is 0.943. The molecule has 187 valence electrons. The number of ether oxygens (including phenoxy) is 1. The Morgan fingerprint density at radius 1 is 0.323 bits per heavy atom. The van der Waals surface area contributed by atoms with Crippen molar-refractivity contribution in [3.63, 3.8) is 0 Å². The van der Waals surface area contributed by atoms with Gasteiger partial charge in [0.15, 0.2) is 0 Å². The molecule has 0 aromatic heterocycles. The second kappa shape index (κ2) is 30.0. The molecule has 0 saturated carbocycles. The van der Waals surface area contributed by atoms with Crippen LogP contribution in [0.4, 0.5) is 0 Å². The standard InChI is InChI=1S/C30H61O/c1-3-4-5-6-7-8-9-10-11-12-13-14-15-16-17-18-19-20-21-22-23-24-25-26-27-28-29-30-31-2/h1,3-30H2,2H3. The molecule has 0 amide bonds. The van der Waals surface area contributed by atoms with Crippen LogP contribution in [0, 0.1) is 6.92 Å². The van der Waals surface area contributed by atoms with Gasteiger partial charge in [-0.1, -0.05) is 174 Å². The van der Waals surface area contributed by atoms with Crippen LogP contribution in [0.1, 0.15) is 173 Å². The van der Waals surface area contributed by atoms with E-state index in [4.69, 9.17) is 4.74 Å². The van der Waals surface area contributed by atoms with Crippen molar-refractivity contribution in [2.24, 2.45) is 0 Å². The number of methoxy groups -OCH3 is 1. The Hall–Kier alpha value is -0.0400. The van der Waals surface area contributed by atoms with Gasteiger partial charge in [0.1, 0.15) is 0 Å². The van der Waals surface area contributed by atoms with Gasteiger partial charge in [0.2, 0.25) is 0 Å². The molecule has 0 aliphatic rings. The predicted octanol–water partition coefficient (Wildman–Crippen LogP) is 11.0. The van der Waals surface area contributed by atoms with Crippen molar-refractivity contribution in [1.29, 1.82) is 0 Å². The maximum atomic E-state index is 5.10. The molecule has 31 heavy (non-hydrogen) atoms. The molecule has 1 radical (unpaired) electrons. The molecule has 0 atom stereocenters. The summed E-state index contributed by atoms with van der Waals surface area (Å²) in [7, 11) is 1.81. The molecule has 0 saturated heterocycles. The van der Waals surface area contributed by atoms with Crippen molar-refractivity contribution < 1.29 is 4.74 Å². The van der Waals surface area contributed by atoms with Gasteiger partial charge in [0.25, 0.3) is 0 Å². The largest absolute Gasteiger partial charge is 0.385 e. The van der Waals surface area contributed by atoms with Crippen molar-refractivity contribution in [3.05, 3.63) is 6.92 Å². The van der Waals surface area contributed by atoms with Crippen LogP contribution in [-0.2, 0) is 4.74 Å². The topological polar surface area (TPSA) is 9.23 Å². The summed E-state index contributed by atoms with van der Waals surface area (Å²) in [6.07, 6.45) is 38.7. The first-order valence-electron chi connectivity index (χ1n) is 14.7. The molecule has 0 N–H and O–H groups in total. The summed E-state index contributed by atoms with van der Waals surface area (Å²) in [6.45, 7) is 4.86. The van der Waals surface area contributed by atoms with Gasteiger partial charge in [0.05, 0.1) is 0 Å². The average molecular weight is 438 g/mol. The zero-order chi connectivity index (χ0) is 22.5. The second-order valence-corrected chi connectivity index (χ2v) is 10.0. The van der Waals surface area contributed by atoms with Crippen LogP contribution in [0.2, 0.25) is 0 Å². The van der Waals surface area contributed by atoms with Crippen LogP contribution in [0.15, 0.2) is 0 Å². The second-order valence-electron chi connectivity index (χ2n) is 10.0. The van der Waals surface area contributed by atoms with Crippen LogP contribution >= 0.6 is 0 Å². The lowest BCUT2D eigenvalue weighted by Crippen LogP contribution is -1.88. The average Bonchev–Trinajstić information content (AvgIpc) is 2.78. The van der Waals surface area contributed by atoms with E-state index in [0.29, 0.717) is 0 Å². The van der Waals surface area contributed by atoms with E-state index in [2.05, 4.69) is 6.92 Å². The Morgan fingerprint density at radius 3 is 0.710 bits per heavy atom. The van der Waals surface area contributed by atoms with E-state index in [-0.39, 0.29) is 0 Å². The minimum atomic E-state index is 0.943. The number of hydrogen-bond donors (Lipinski definition) is 0. The molecular formula is C30H61O. The summed E-state index contributed by atoms with van der Waals surface area (Å²) in [4.78, 5) is 0. The lowest BCUT2D eigenvalue weighted by molar-refractivity contribution is 0.192. The highest BCUT2D eigenvalue weighted by molar-refractivity contribution is 4.52. The molecule has 0 aromatic carbocycles. The van der Waals surface area contributed by atoms with Gasteiger partial charge in [-0.15, -0.1) is 0 Å². The summed E-state index contributed by atoms with van der Waals surface area (Å²) >= 11 is 0. The first kappa shape index (κ1) is 31.0. The van der Waals surface area contributed by atoms with E-state index in [1.54, 1.807) is 7.11 Å². The SMILES string of the molecule is [CH2]CCCCCCCCCCCCCCCCCCCCCCCCCCCCOC. The molecule has 0 aliphatic heterocycles. The molecule has 0 heterocycles. The fraction of sp³-hybridized carbons (Fsp3) is 0.967. The molecule has 0 fully saturated rings. The van der Waals surface area contributed by atoms with Crippen molar-refractivity contribution in [2.45, 2.75) is 173 Å². The Balaban J connectivity index is 2.98. The Bertz CT molecular complexity index is 260. The van der Waals surface area contributed by atoms with Gasteiger partial charge in [0, 0.05) is 13.7 Å². The van der Waals surface area contributed by atoms with Crippen molar-refractivity contribution in [2.75, 3.05) is 13.7 Å². The zero-order valence-corrected chi connectivity index (χ0v) is 21.9. The molecule has 0 unspecified atom stereocenters. The summed E-state index contributed by atoms with van der Waals surface area (Å²) in [5.41, 5.74) is 0. The van der Waals surface area contributed by atoms with Gasteiger partial charge in [-0.2, -0.15) is 0 Å². The lowest BCUT2D eigenvalue weighted by atomic mass is 10.0. The van der Waals surface area contributed by atoms with Crippen LogP contribution in [0.25, 0.3) is 0 Å². The van der Waals surface area contributed by atoms with Gasteiger partial charge < -0.3 is 4.74 Å². The van der Waals surface area contributed by atoms with Crippen LogP contribution in [-0.4, -0.2) is 13.7 Å². The minimum Gasteiger partial charge on any atom is -0.385 e. The molecule has 0 aliphatic carbocycles. The quantitative estimate of drug-likeness (QED) is 0.111. The number of hydrogen-bond acceptors (Lipinski definition) is 1. The smallest absolute Gasteiger partial charge is 0.0462 e. The molecule has 1 heteroatoms. The third-order valence-corrected chi connectivity index (χ3v) is 6.85. The highest BCUT2D eigenvalue weighted by atomic mass is 16.5. The molecule has 0 aromatic rings. The summed E-state index contributed by atoms with van der Waals surface area (Å²) in [5, 5.41) is 0. The number of rotatable bonds is 28.